The number of ether oxygens (including phenoxy) is 1. The molecule has 0 fully saturated rings. The molecule has 0 aromatic heterocycles. The SMILES string of the molecule is Cc1cc(NN)ccc1C(=O)NCCOC(C)C. The van der Waals surface area contributed by atoms with Crippen molar-refractivity contribution < 1.29 is 9.53 Å². The van der Waals surface area contributed by atoms with Crippen molar-refractivity contribution in [3.8, 4) is 0 Å². The molecule has 1 amide bonds. The Morgan fingerprint density at radius 1 is 1.44 bits per heavy atom. The molecule has 0 unspecified atom stereocenters. The Bertz CT molecular complexity index is 405. The first-order valence-corrected chi connectivity index (χ1v) is 6.01. The molecule has 0 saturated carbocycles. The van der Waals surface area contributed by atoms with Gasteiger partial charge in [-0.1, -0.05) is 0 Å². The highest BCUT2D eigenvalue weighted by molar-refractivity contribution is 5.96. The summed E-state index contributed by atoms with van der Waals surface area (Å²) in [5.41, 5.74) is 4.87. The van der Waals surface area contributed by atoms with Gasteiger partial charge in [-0.05, 0) is 44.5 Å². The van der Waals surface area contributed by atoms with Crippen LogP contribution in [-0.4, -0.2) is 25.2 Å². The van der Waals surface area contributed by atoms with Crippen LogP contribution in [0.5, 0.6) is 0 Å². The number of hydrazine groups is 1. The van der Waals surface area contributed by atoms with Gasteiger partial charge in [0.1, 0.15) is 0 Å². The number of carbonyl (C=O) groups is 1. The molecule has 0 radical (unpaired) electrons. The highest BCUT2D eigenvalue weighted by Gasteiger charge is 2.08. The van der Waals surface area contributed by atoms with Crippen LogP contribution >= 0.6 is 0 Å². The van der Waals surface area contributed by atoms with Crippen LogP contribution in [0, 0.1) is 6.92 Å². The Morgan fingerprint density at radius 3 is 2.72 bits per heavy atom. The van der Waals surface area contributed by atoms with Crippen LogP contribution in [0.25, 0.3) is 0 Å². The quantitative estimate of drug-likeness (QED) is 0.406. The molecule has 1 aromatic rings. The van der Waals surface area contributed by atoms with Gasteiger partial charge in [0.2, 0.25) is 0 Å². The molecule has 0 heterocycles. The third-order valence-electron chi connectivity index (χ3n) is 2.48. The van der Waals surface area contributed by atoms with Gasteiger partial charge in [0.25, 0.3) is 5.91 Å². The molecular weight excluding hydrogens is 230 g/mol. The number of carbonyl (C=O) groups excluding carboxylic acids is 1. The zero-order valence-corrected chi connectivity index (χ0v) is 11.1. The van der Waals surface area contributed by atoms with E-state index in [1.165, 1.54) is 0 Å². The number of nitrogen functional groups attached to an aromatic ring is 1. The first kappa shape index (κ1) is 14.5. The molecular formula is C13H21N3O2. The van der Waals surface area contributed by atoms with Crippen molar-refractivity contribution in [2.75, 3.05) is 18.6 Å². The summed E-state index contributed by atoms with van der Waals surface area (Å²) in [5.74, 6) is 5.21. The Labute approximate surface area is 108 Å². The number of nitrogens with two attached hydrogens (primary N) is 1. The van der Waals surface area contributed by atoms with Crippen LogP contribution in [0.3, 0.4) is 0 Å². The van der Waals surface area contributed by atoms with Gasteiger partial charge in [-0.3, -0.25) is 10.6 Å². The molecule has 0 bridgehead atoms. The van der Waals surface area contributed by atoms with E-state index in [2.05, 4.69) is 10.7 Å². The van der Waals surface area contributed by atoms with Gasteiger partial charge < -0.3 is 15.5 Å². The second kappa shape index (κ2) is 6.98. The summed E-state index contributed by atoms with van der Waals surface area (Å²) in [5, 5.41) is 2.82. The number of hydrogen-bond acceptors (Lipinski definition) is 4. The number of amides is 1. The van der Waals surface area contributed by atoms with E-state index in [1.54, 1.807) is 12.1 Å². The minimum Gasteiger partial charge on any atom is -0.377 e. The molecule has 0 aliphatic heterocycles. The van der Waals surface area contributed by atoms with E-state index in [4.69, 9.17) is 10.6 Å². The smallest absolute Gasteiger partial charge is 0.251 e. The molecule has 5 nitrogen and oxygen atoms in total. The van der Waals surface area contributed by atoms with Crippen LogP contribution in [-0.2, 0) is 4.74 Å². The fourth-order valence-electron chi connectivity index (χ4n) is 1.56. The molecule has 0 spiro atoms. The summed E-state index contributed by atoms with van der Waals surface area (Å²) in [7, 11) is 0. The average Bonchev–Trinajstić information content (AvgIpc) is 2.33. The van der Waals surface area contributed by atoms with E-state index < -0.39 is 0 Å². The number of hydrogen-bond donors (Lipinski definition) is 3. The summed E-state index contributed by atoms with van der Waals surface area (Å²) >= 11 is 0. The van der Waals surface area contributed by atoms with Gasteiger partial charge in [-0.15, -0.1) is 0 Å². The normalized spacial score (nSPS) is 10.5. The highest BCUT2D eigenvalue weighted by atomic mass is 16.5. The fraction of sp³-hybridized carbons (Fsp3) is 0.462. The molecule has 1 rings (SSSR count). The molecule has 1 aromatic carbocycles. The van der Waals surface area contributed by atoms with Gasteiger partial charge in [0.15, 0.2) is 0 Å². The molecule has 0 atom stereocenters. The molecule has 18 heavy (non-hydrogen) atoms. The number of benzene rings is 1. The maximum Gasteiger partial charge on any atom is 0.251 e. The number of nitrogens with one attached hydrogen (secondary N) is 2. The topological polar surface area (TPSA) is 76.4 Å². The summed E-state index contributed by atoms with van der Waals surface area (Å²) in [6.07, 6.45) is 0.179. The molecule has 0 aliphatic carbocycles. The number of aryl methyl sites for hydroxylation is 1. The van der Waals surface area contributed by atoms with Crippen LogP contribution in [0.1, 0.15) is 29.8 Å². The summed E-state index contributed by atoms with van der Waals surface area (Å²) in [4.78, 5) is 11.9. The Kier molecular flexibility index (Phi) is 5.61. The molecule has 100 valence electrons. The zero-order valence-electron chi connectivity index (χ0n) is 11.1. The summed E-state index contributed by atoms with van der Waals surface area (Å²) in [6.45, 7) is 6.83. The molecule has 0 saturated heterocycles. The summed E-state index contributed by atoms with van der Waals surface area (Å²) in [6, 6.07) is 5.36. The predicted molar refractivity (Wildman–Crippen MR) is 72.4 cm³/mol. The van der Waals surface area contributed by atoms with E-state index in [0.29, 0.717) is 18.7 Å². The monoisotopic (exact) mass is 251 g/mol. The van der Waals surface area contributed by atoms with Gasteiger partial charge in [0, 0.05) is 17.8 Å². The highest BCUT2D eigenvalue weighted by Crippen LogP contribution is 2.13. The van der Waals surface area contributed by atoms with E-state index in [-0.39, 0.29) is 12.0 Å². The lowest BCUT2D eigenvalue weighted by Crippen LogP contribution is -2.28. The van der Waals surface area contributed by atoms with Crippen molar-refractivity contribution in [1.29, 1.82) is 0 Å². The lowest BCUT2D eigenvalue weighted by atomic mass is 10.1. The minimum absolute atomic E-state index is 0.0940. The standard InChI is InChI=1S/C13H21N3O2/c1-9(2)18-7-6-15-13(17)12-5-4-11(16-14)8-10(12)3/h4-5,8-9,16H,6-7,14H2,1-3H3,(H,15,17). The first-order chi connectivity index (χ1) is 8.54. The van der Waals surface area contributed by atoms with Gasteiger partial charge >= 0.3 is 0 Å². The van der Waals surface area contributed by atoms with Crippen molar-refractivity contribution in [2.45, 2.75) is 26.9 Å². The second-order valence-corrected chi connectivity index (χ2v) is 4.35. The lowest BCUT2D eigenvalue weighted by Gasteiger charge is -2.10. The maximum absolute atomic E-state index is 11.9. The Balaban J connectivity index is 2.51. The second-order valence-electron chi connectivity index (χ2n) is 4.35. The van der Waals surface area contributed by atoms with E-state index >= 15 is 0 Å². The van der Waals surface area contributed by atoms with Crippen LogP contribution in [0.15, 0.2) is 18.2 Å². The Morgan fingerprint density at radius 2 is 2.17 bits per heavy atom. The van der Waals surface area contributed by atoms with Crippen LogP contribution < -0.4 is 16.6 Å². The van der Waals surface area contributed by atoms with E-state index in [0.717, 1.165) is 11.3 Å². The molecule has 4 N–H and O–H groups in total. The predicted octanol–water partition coefficient (Wildman–Crippen LogP) is 1.44. The third-order valence-corrected chi connectivity index (χ3v) is 2.48. The number of anilines is 1. The van der Waals surface area contributed by atoms with Gasteiger partial charge in [-0.25, -0.2) is 0 Å². The van der Waals surface area contributed by atoms with Crippen molar-refractivity contribution in [3.63, 3.8) is 0 Å². The molecule has 5 heteroatoms. The van der Waals surface area contributed by atoms with Crippen molar-refractivity contribution in [1.82, 2.24) is 5.32 Å². The van der Waals surface area contributed by atoms with Crippen molar-refractivity contribution in [2.24, 2.45) is 5.84 Å². The average molecular weight is 251 g/mol. The number of rotatable bonds is 6. The largest absolute Gasteiger partial charge is 0.377 e. The fourth-order valence-corrected chi connectivity index (χ4v) is 1.56. The maximum atomic E-state index is 11.9. The minimum atomic E-state index is -0.0940. The van der Waals surface area contributed by atoms with Crippen LogP contribution in [0.2, 0.25) is 0 Å². The third kappa shape index (κ3) is 4.35. The van der Waals surface area contributed by atoms with Crippen LogP contribution in [0.4, 0.5) is 5.69 Å². The van der Waals surface area contributed by atoms with Gasteiger partial charge in [0.05, 0.1) is 12.7 Å². The van der Waals surface area contributed by atoms with Gasteiger partial charge in [-0.2, -0.15) is 0 Å². The lowest BCUT2D eigenvalue weighted by molar-refractivity contribution is 0.0746. The van der Waals surface area contributed by atoms with E-state index in [9.17, 15) is 4.79 Å². The van der Waals surface area contributed by atoms with Crippen molar-refractivity contribution in [3.05, 3.63) is 29.3 Å². The summed E-state index contributed by atoms with van der Waals surface area (Å²) < 4.78 is 5.35. The molecule has 0 aliphatic rings. The Hall–Kier alpha value is -1.59. The first-order valence-electron chi connectivity index (χ1n) is 6.01. The zero-order chi connectivity index (χ0) is 13.5. The van der Waals surface area contributed by atoms with Crippen molar-refractivity contribution >= 4 is 11.6 Å². The van der Waals surface area contributed by atoms with E-state index in [1.807, 2.05) is 26.8 Å².